The maximum absolute atomic E-state index is 12.4. The lowest BCUT2D eigenvalue weighted by Gasteiger charge is -2.33. The van der Waals surface area contributed by atoms with Crippen molar-refractivity contribution in [3.05, 3.63) is 29.3 Å². The zero-order valence-corrected chi connectivity index (χ0v) is 9.90. The van der Waals surface area contributed by atoms with Gasteiger partial charge in [-0.25, -0.2) is 0 Å². The molecule has 1 fully saturated rings. The van der Waals surface area contributed by atoms with Gasteiger partial charge < -0.3 is 15.0 Å². The second kappa shape index (κ2) is 4.04. The number of amides is 1. The Hall–Kier alpha value is -1.55. The van der Waals surface area contributed by atoms with E-state index in [-0.39, 0.29) is 11.9 Å². The van der Waals surface area contributed by atoms with E-state index < -0.39 is 0 Å². The van der Waals surface area contributed by atoms with Crippen molar-refractivity contribution in [3.63, 3.8) is 0 Å². The summed E-state index contributed by atoms with van der Waals surface area (Å²) in [6, 6.07) is 5.93. The number of benzene rings is 1. The fraction of sp³-hybridized carbons (Fsp3) is 0.462. The first-order chi connectivity index (χ1) is 8.25. The van der Waals surface area contributed by atoms with Crippen molar-refractivity contribution in [1.29, 1.82) is 0 Å². The summed E-state index contributed by atoms with van der Waals surface area (Å²) in [6.07, 6.45) is 0. The molecule has 1 saturated heterocycles. The van der Waals surface area contributed by atoms with Crippen molar-refractivity contribution in [2.24, 2.45) is 0 Å². The molecule has 1 unspecified atom stereocenters. The van der Waals surface area contributed by atoms with Gasteiger partial charge in [0.2, 0.25) is 0 Å². The summed E-state index contributed by atoms with van der Waals surface area (Å²) in [5, 5.41) is 3.30. The smallest absolute Gasteiger partial charge is 0.258 e. The first-order valence-electron chi connectivity index (χ1n) is 6.01. The minimum absolute atomic E-state index is 0.101. The molecule has 90 valence electrons. The molecule has 1 amide bonds. The maximum Gasteiger partial charge on any atom is 0.258 e. The number of hydrogen-bond donors (Lipinski definition) is 1. The lowest BCUT2D eigenvalue weighted by molar-refractivity contribution is 0.0606. The zero-order valence-electron chi connectivity index (χ0n) is 9.90. The van der Waals surface area contributed by atoms with E-state index in [2.05, 4.69) is 5.32 Å². The molecule has 2 aliphatic heterocycles. The third-order valence-electron chi connectivity index (χ3n) is 3.41. The highest BCUT2D eigenvalue weighted by Gasteiger charge is 2.32. The van der Waals surface area contributed by atoms with Gasteiger partial charge in [0.1, 0.15) is 12.4 Å². The van der Waals surface area contributed by atoms with Crippen LogP contribution in [-0.2, 0) is 0 Å². The van der Waals surface area contributed by atoms with Crippen LogP contribution < -0.4 is 10.1 Å². The predicted molar refractivity (Wildman–Crippen MR) is 64.4 cm³/mol. The Morgan fingerprint density at radius 3 is 3.24 bits per heavy atom. The highest BCUT2D eigenvalue weighted by atomic mass is 16.5. The van der Waals surface area contributed by atoms with Crippen LogP contribution in [0.25, 0.3) is 0 Å². The van der Waals surface area contributed by atoms with E-state index in [1.807, 2.05) is 30.0 Å². The lowest BCUT2D eigenvalue weighted by atomic mass is 10.1. The first kappa shape index (κ1) is 10.6. The molecule has 0 bridgehead atoms. The molecule has 1 aromatic rings. The molecule has 0 radical (unpaired) electrons. The number of nitrogens with one attached hydrogen (secondary N) is 1. The fourth-order valence-corrected chi connectivity index (χ4v) is 2.44. The van der Waals surface area contributed by atoms with Crippen LogP contribution >= 0.6 is 0 Å². The average Bonchev–Trinajstić information content (AvgIpc) is 2.48. The number of carbonyl (C=O) groups is 1. The molecule has 1 N–H and O–H groups in total. The van der Waals surface area contributed by atoms with Crippen LogP contribution in [0.15, 0.2) is 18.2 Å². The van der Waals surface area contributed by atoms with Crippen molar-refractivity contribution < 1.29 is 9.53 Å². The summed E-state index contributed by atoms with van der Waals surface area (Å²) < 4.78 is 5.77. The van der Waals surface area contributed by atoms with E-state index in [9.17, 15) is 4.79 Å². The first-order valence-corrected chi connectivity index (χ1v) is 6.01. The van der Waals surface area contributed by atoms with Crippen LogP contribution in [0.2, 0.25) is 0 Å². The quantitative estimate of drug-likeness (QED) is 0.719. The molecular formula is C13H16N2O2. The zero-order chi connectivity index (χ0) is 11.8. The number of nitrogens with zero attached hydrogens (tertiary/aromatic N) is 1. The van der Waals surface area contributed by atoms with Crippen LogP contribution in [0, 0.1) is 6.92 Å². The summed E-state index contributed by atoms with van der Waals surface area (Å²) >= 11 is 0. The molecule has 17 heavy (non-hydrogen) atoms. The number of piperazine rings is 1. The van der Waals surface area contributed by atoms with Crippen molar-refractivity contribution >= 4 is 5.91 Å². The molecule has 0 spiro atoms. The highest BCUT2D eigenvalue weighted by molar-refractivity contribution is 5.97. The Bertz CT molecular complexity index is 459. The molecule has 2 heterocycles. The standard InChI is InChI=1S/C13H16N2O2/c1-9-2-3-11-12(6-9)17-8-10-7-14-4-5-15(10)13(11)16/h2-3,6,10,14H,4-5,7-8H2,1H3. The van der Waals surface area contributed by atoms with Crippen LogP contribution in [0.5, 0.6) is 5.75 Å². The van der Waals surface area contributed by atoms with Crippen molar-refractivity contribution in [2.75, 3.05) is 26.2 Å². The molecule has 2 aliphatic rings. The largest absolute Gasteiger partial charge is 0.491 e. The van der Waals surface area contributed by atoms with Crippen LogP contribution in [0.3, 0.4) is 0 Å². The fourth-order valence-electron chi connectivity index (χ4n) is 2.44. The van der Waals surface area contributed by atoms with E-state index in [0.717, 1.165) is 30.9 Å². The van der Waals surface area contributed by atoms with Gasteiger partial charge in [-0.3, -0.25) is 4.79 Å². The van der Waals surface area contributed by atoms with Gasteiger partial charge in [0.15, 0.2) is 0 Å². The van der Waals surface area contributed by atoms with E-state index in [1.54, 1.807) is 0 Å². The molecule has 4 heteroatoms. The Morgan fingerprint density at radius 2 is 2.35 bits per heavy atom. The molecular weight excluding hydrogens is 216 g/mol. The monoisotopic (exact) mass is 232 g/mol. The third kappa shape index (κ3) is 1.78. The Balaban J connectivity index is 2.00. The van der Waals surface area contributed by atoms with Crippen molar-refractivity contribution in [3.8, 4) is 5.75 Å². The van der Waals surface area contributed by atoms with Gasteiger partial charge in [-0.05, 0) is 24.6 Å². The molecule has 0 aliphatic carbocycles. The Morgan fingerprint density at radius 1 is 1.47 bits per heavy atom. The second-order valence-corrected chi connectivity index (χ2v) is 4.67. The van der Waals surface area contributed by atoms with Gasteiger partial charge in [-0.2, -0.15) is 0 Å². The highest BCUT2D eigenvalue weighted by Crippen LogP contribution is 2.26. The number of fused-ring (bicyclic) bond motifs is 2. The summed E-state index contributed by atoms with van der Waals surface area (Å²) in [4.78, 5) is 14.3. The Kier molecular flexibility index (Phi) is 2.52. The van der Waals surface area contributed by atoms with E-state index in [0.29, 0.717) is 12.2 Å². The van der Waals surface area contributed by atoms with Gasteiger partial charge >= 0.3 is 0 Å². The number of aryl methyl sites for hydroxylation is 1. The number of ether oxygens (including phenoxy) is 1. The van der Waals surface area contributed by atoms with Crippen LogP contribution in [0.4, 0.5) is 0 Å². The molecule has 1 aromatic carbocycles. The van der Waals surface area contributed by atoms with Gasteiger partial charge in [0.05, 0.1) is 11.6 Å². The second-order valence-electron chi connectivity index (χ2n) is 4.67. The van der Waals surface area contributed by atoms with Crippen LogP contribution in [0.1, 0.15) is 15.9 Å². The number of rotatable bonds is 0. The van der Waals surface area contributed by atoms with Crippen molar-refractivity contribution in [1.82, 2.24) is 10.2 Å². The molecule has 0 saturated carbocycles. The summed E-state index contributed by atoms with van der Waals surface area (Å²) in [7, 11) is 0. The number of hydrogen-bond acceptors (Lipinski definition) is 3. The normalized spacial score (nSPS) is 23.5. The molecule has 0 aromatic heterocycles. The number of carbonyl (C=O) groups excluding carboxylic acids is 1. The van der Waals surface area contributed by atoms with Gasteiger partial charge in [-0.1, -0.05) is 6.07 Å². The molecule has 3 rings (SSSR count). The van der Waals surface area contributed by atoms with E-state index in [4.69, 9.17) is 4.74 Å². The SMILES string of the molecule is Cc1ccc2c(c1)OCC1CNCCN1C2=O. The average molecular weight is 232 g/mol. The van der Waals surface area contributed by atoms with Gasteiger partial charge in [0.25, 0.3) is 5.91 Å². The third-order valence-corrected chi connectivity index (χ3v) is 3.41. The summed E-state index contributed by atoms with van der Waals surface area (Å²) in [5.74, 6) is 0.827. The minimum Gasteiger partial charge on any atom is -0.491 e. The van der Waals surface area contributed by atoms with Gasteiger partial charge in [0, 0.05) is 19.6 Å². The predicted octanol–water partition coefficient (Wildman–Crippen LogP) is 0.801. The van der Waals surface area contributed by atoms with E-state index in [1.165, 1.54) is 0 Å². The lowest BCUT2D eigenvalue weighted by Crippen LogP contribution is -2.54. The van der Waals surface area contributed by atoms with Crippen LogP contribution in [-0.4, -0.2) is 43.1 Å². The summed E-state index contributed by atoms with van der Waals surface area (Å²) in [5.41, 5.74) is 1.81. The Labute approximate surface area is 101 Å². The van der Waals surface area contributed by atoms with E-state index >= 15 is 0 Å². The van der Waals surface area contributed by atoms with Gasteiger partial charge in [-0.15, -0.1) is 0 Å². The summed E-state index contributed by atoms with van der Waals surface area (Å²) in [6.45, 7) is 5.03. The topological polar surface area (TPSA) is 41.6 Å². The maximum atomic E-state index is 12.4. The molecule has 4 nitrogen and oxygen atoms in total. The minimum atomic E-state index is 0.101. The van der Waals surface area contributed by atoms with Crippen molar-refractivity contribution in [2.45, 2.75) is 13.0 Å². The molecule has 1 atom stereocenters.